The summed E-state index contributed by atoms with van der Waals surface area (Å²) in [5.74, 6) is 0. The Kier molecular flexibility index (Phi) is 1140. The zero-order valence-corrected chi connectivity index (χ0v) is 4.90. The van der Waals surface area contributed by atoms with Gasteiger partial charge >= 0.3 is 0 Å². The fourth-order valence-corrected chi connectivity index (χ4v) is 0. The van der Waals surface area contributed by atoms with E-state index in [1.807, 2.05) is 0 Å². The summed E-state index contributed by atoms with van der Waals surface area (Å²) in [5, 5.41) is 0. The van der Waals surface area contributed by atoms with E-state index in [1.54, 1.807) is 0 Å². The van der Waals surface area contributed by atoms with Crippen molar-refractivity contribution in [1.82, 2.24) is 0 Å². The molecule has 0 N–H and O–H groups in total. The number of halogens is 4. The lowest BCUT2D eigenvalue weighted by molar-refractivity contribution is 5.75. The van der Waals surface area contributed by atoms with Crippen LogP contribution in [0.5, 0.6) is 0 Å². The minimum absolute atomic E-state index is 0. The molecule has 0 aliphatic rings. The molecule has 6 heavy (non-hydrogen) atoms. The van der Waals surface area contributed by atoms with Crippen LogP contribution in [0.3, 0.4) is 0 Å². The molecule has 0 spiro atoms. The lowest BCUT2D eigenvalue weighted by Gasteiger charge is -0.148. The summed E-state index contributed by atoms with van der Waals surface area (Å²) in [6, 6.07) is 0. The van der Waals surface area contributed by atoms with E-state index < -0.39 is 0 Å². The molecule has 0 unspecified atom stereocenters. The molecule has 0 rings (SSSR count). The van der Waals surface area contributed by atoms with Gasteiger partial charge in [-0.25, -0.2) is 0 Å². The van der Waals surface area contributed by atoms with Gasteiger partial charge in [0.05, 0.1) is 0 Å². The monoisotopic (exact) mass is 206 g/mol. The highest BCUT2D eigenvalue weighted by molar-refractivity contribution is 5.86. The highest BCUT2D eigenvalue weighted by atomic mass is 35.5. The minimum atomic E-state index is 0. The maximum absolute atomic E-state index is 0. The van der Waals surface area contributed by atoms with Gasteiger partial charge in [-0.3, -0.25) is 0 Å². The Hall–Kier alpha value is 1.91. The van der Waals surface area contributed by atoms with Crippen LogP contribution in [-0.4, -0.2) is 28.3 Å². The zero-order chi connectivity index (χ0) is 0. The number of rotatable bonds is 0. The first-order chi connectivity index (χ1) is 0. The Labute approximate surface area is 77.6 Å². The molecule has 0 aromatic carbocycles. The molecule has 0 aliphatic carbocycles. The SMILES string of the molecule is Cl.Cl.Cl.Cl.[AlH3].[SiH4]. The van der Waals surface area contributed by atoms with Crippen molar-refractivity contribution < 1.29 is 0 Å². The molecular weight excluding hydrogens is 197 g/mol. The van der Waals surface area contributed by atoms with E-state index in [0.717, 1.165) is 0 Å². The highest BCUT2D eigenvalue weighted by Gasteiger charge is 0.187. The first-order valence-corrected chi connectivity index (χ1v) is 0. The third kappa shape index (κ3) is 39.1. The highest BCUT2D eigenvalue weighted by Crippen LogP contribution is 0.693. The summed E-state index contributed by atoms with van der Waals surface area (Å²) in [5.41, 5.74) is 0. The van der Waals surface area contributed by atoms with Crippen molar-refractivity contribution in [2.24, 2.45) is 0 Å². The smallest absolute Gasteiger partial charge is 0.147 e. The predicted molar refractivity (Wildman–Crippen MR) is 50.3 cm³/mol. The third-order valence-corrected chi connectivity index (χ3v) is 0. The molecule has 0 fully saturated rings. The normalized spacial score (nSPS) is 0. The zero-order valence-electron chi connectivity index (χ0n) is 1.63. The molecule has 46 valence electrons. The molecule has 0 saturated heterocycles. The van der Waals surface area contributed by atoms with Gasteiger partial charge in [-0.2, -0.15) is 0 Å². The average molecular weight is 208 g/mol. The quantitative estimate of drug-likeness (QED) is 0.450. The second-order valence-electron chi connectivity index (χ2n) is 0. The van der Waals surface area contributed by atoms with Crippen LogP contribution in [-0.2, 0) is 0 Å². The minimum Gasteiger partial charge on any atom is -0.147 e. The molecule has 0 aliphatic heterocycles. The van der Waals surface area contributed by atoms with Crippen molar-refractivity contribution in [3.8, 4) is 0 Å². The molecular formula is H11AlCl4Si. The van der Waals surface area contributed by atoms with Gasteiger partial charge in [-0.1, -0.05) is 0 Å². The number of hydrogen-bond donors (Lipinski definition) is 0. The second-order valence-corrected chi connectivity index (χ2v) is 0. The van der Waals surface area contributed by atoms with Gasteiger partial charge in [0, 0.05) is 0 Å². The van der Waals surface area contributed by atoms with Crippen molar-refractivity contribution in [2.75, 3.05) is 0 Å². The largest absolute Gasteiger partial charge is 0.187 e. The predicted octanol–water partition coefficient (Wildman–Crippen LogP) is -0.948. The van der Waals surface area contributed by atoms with E-state index in [-0.39, 0.29) is 78.0 Å². The molecule has 0 aromatic rings. The molecule has 0 amide bonds. The molecule has 0 bridgehead atoms. The van der Waals surface area contributed by atoms with Gasteiger partial charge in [0.2, 0.25) is 0 Å². The summed E-state index contributed by atoms with van der Waals surface area (Å²) in [6.07, 6.45) is 0. The van der Waals surface area contributed by atoms with Crippen molar-refractivity contribution in [1.29, 1.82) is 0 Å². The van der Waals surface area contributed by atoms with Gasteiger partial charge in [-0.15, -0.1) is 49.6 Å². The fraction of sp³-hybridized carbons (Fsp3) is 0. The van der Waals surface area contributed by atoms with Crippen LogP contribution < -0.4 is 0 Å². The standard InChI is InChI=1S/Al.4ClH.H4Si.3H/h;4*1H;1H4;;;. The van der Waals surface area contributed by atoms with E-state index in [2.05, 4.69) is 0 Å². The van der Waals surface area contributed by atoms with Gasteiger partial charge in [0.1, 0.15) is 0 Å². The van der Waals surface area contributed by atoms with Gasteiger partial charge < -0.3 is 0 Å². The Bertz CT molecular complexity index is 7.51. The average Bonchev–Trinajstić information content (AvgIpc) is 0. The molecule has 0 nitrogen and oxygen atoms in total. The second kappa shape index (κ2) is 66.2. The summed E-state index contributed by atoms with van der Waals surface area (Å²) in [4.78, 5) is 0. The van der Waals surface area contributed by atoms with Crippen LogP contribution in [0.2, 0.25) is 0 Å². The number of hydrogen-bond acceptors (Lipinski definition) is 0. The molecule has 0 aromatic heterocycles. The molecule has 0 saturated carbocycles. The van der Waals surface area contributed by atoms with Crippen LogP contribution in [0.4, 0.5) is 0 Å². The van der Waals surface area contributed by atoms with Crippen LogP contribution in [0.25, 0.3) is 0 Å². The lowest BCUT2D eigenvalue weighted by atomic mass is 27.0. The van der Waals surface area contributed by atoms with E-state index in [0.29, 0.717) is 0 Å². The van der Waals surface area contributed by atoms with Gasteiger partial charge in [0.25, 0.3) is 0 Å². The van der Waals surface area contributed by atoms with E-state index in [1.165, 1.54) is 0 Å². The lowest BCUT2D eigenvalue weighted by Crippen LogP contribution is -0.382. The molecule has 6 heteroatoms. The Balaban J connectivity index is 0. The molecule has 0 radical (unpaired) electrons. The summed E-state index contributed by atoms with van der Waals surface area (Å²) in [6.45, 7) is 0. The van der Waals surface area contributed by atoms with Crippen molar-refractivity contribution in [3.63, 3.8) is 0 Å². The van der Waals surface area contributed by atoms with Crippen LogP contribution in [0.1, 0.15) is 0 Å². The molecule has 0 atom stereocenters. The van der Waals surface area contributed by atoms with Crippen LogP contribution in [0.15, 0.2) is 0 Å². The third-order valence-electron chi connectivity index (χ3n) is 0. The summed E-state index contributed by atoms with van der Waals surface area (Å²) < 4.78 is 0. The molecule has 0 heterocycles. The first kappa shape index (κ1) is 104. The van der Waals surface area contributed by atoms with Crippen molar-refractivity contribution >= 4 is 78.0 Å². The van der Waals surface area contributed by atoms with E-state index in [4.69, 9.17) is 0 Å². The summed E-state index contributed by atoms with van der Waals surface area (Å²) >= 11 is 0. The fourth-order valence-electron chi connectivity index (χ4n) is 0. The Morgan fingerprint density at radius 2 is 0.500 bits per heavy atom. The van der Waals surface area contributed by atoms with E-state index >= 15 is 0 Å². The van der Waals surface area contributed by atoms with Crippen molar-refractivity contribution in [3.05, 3.63) is 0 Å². The first-order valence-electron chi connectivity index (χ1n) is 0. The summed E-state index contributed by atoms with van der Waals surface area (Å²) in [7, 11) is 0. The van der Waals surface area contributed by atoms with Gasteiger partial charge in [0.15, 0.2) is 17.4 Å². The van der Waals surface area contributed by atoms with Crippen LogP contribution in [0, 0.1) is 0 Å². The van der Waals surface area contributed by atoms with Crippen LogP contribution >= 0.6 is 49.6 Å². The maximum atomic E-state index is 0. The van der Waals surface area contributed by atoms with Gasteiger partial charge in [-0.05, 0) is 11.0 Å². The van der Waals surface area contributed by atoms with Crippen molar-refractivity contribution in [2.45, 2.75) is 0 Å². The Morgan fingerprint density at radius 1 is 0.500 bits per heavy atom. The Morgan fingerprint density at radius 3 is 0.500 bits per heavy atom. The van der Waals surface area contributed by atoms with E-state index in [9.17, 15) is 0 Å². The topological polar surface area (TPSA) is 0 Å². The maximum Gasteiger partial charge on any atom is 0.187 e.